The Bertz CT molecular complexity index is 1840. The van der Waals surface area contributed by atoms with Gasteiger partial charge in [0.1, 0.15) is 40.8 Å². The molecule has 0 radical (unpaired) electrons. The number of carbonyl (C=O) groups excluding carboxylic acids is 2. The van der Waals surface area contributed by atoms with Gasteiger partial charge in [0.2, 0.25) is 17.4 Å². The first kappa shape index (κ1) is 31.0. The van der Waals surface area contributed by atoms with Crippen LogP contribution in [-0.2, 0) is 15.8 Å². The Morgan fingerprint density at radius 2 is 1.87 bits per heavy atom. The van der Waals surface area contributed by atoms with E-state index < -0.39 is 47.1 Å². The predicted molar refractivity (Wildman–Crippen MR) is 154 cm³/mol. The second kappa shape index (κ2) is 11.1. The van der Waals surface area contributed by atoms with Crippen LogP contribution < -0.4 is 20.5 Å². The maximum Gasteiger partial charge on any atom is 0.424 e. The molecule has 2 aromatic carbocycles. The zero-order valence-electron chi connectivity index (χ0n) is 24.6. The van der Waals surface area contributed by atoms with E-state index in [0.717, 1.165) is 31.0 Å². The summed E-state index contributed by atoms with van der Waals surface area (Å²) in [6.07, 6.45) is -2.34. The van der Waals surface area contributed by atoms with Crippen molar-refractivity contribution in [2.45, 2.75) is 50.0 Å². The van der Waals surface area contributed by atoms with Gasteiger partial charge in [0, 0.05) is 16.7 Å². The van der Waals surface area contributed by atoms with Crippen molar-refractivity contribution in [3.63, 3.8) is 0 Å². The van der Waals surface area contributed by atoms with Crippen LogP contribution in [0.15, 0.2) is 59.1 Å². The van der Waals surface area contributed by atoms with Gasteiger partial charge in [0.05, 0.1) is 30.1 Å². The Hall–Kier alpha value is -4.98. The lowest BCUT2D eigenvalue weighted by Crippen LogP contribution is -2.51. The van der Waals surface area contributed by atoms with Crippen molar-refractivity contribution in [2.75, 3.05) is 13.2 Å². The number of hydrogen-bond acceptors (Lipinski definition) is 8. The number of fused-ring (bicyclic) bond motifs is 1. The van der Waals surface area contributed by atoms with Crippen LogP contribution in [0.25, 0.3) is 22.7 Å². The number of aryl methyl sites for hydroxylation is 1. The molecule has 2 atom stereocenters. The normalized spacial score (nSPS) is 18.8. The van der Waals surface area contributed by atoms with Gasteiger partial charge in [-0.2, -0.15) is 13.2 Å². The van der Waals surface area contributed by atoms with Crippen LogP contribution >= 0.6 is 0 Å². The predicted octanol–water partition coefficient (Wildman–Crippen LogP) is 4.71. The number of ether oxygens (including phenoxy) is 2. The van der Waals surface area contributed by atoms with Gasteiger partial charge in [-0.15, -0.1) is 0 Å². The van der Waals surface area contributed by atoms with Gasteiger partial charge in [-0.3, -0.25) is 9.59 Å². The van der Waals surface area contributed by atoms with Crippen molar-refractivity contribution in [1.29, 1.82) is 0 Å². The number of hydrogen-bond donors (Lipinski definition) is 3. The van der Waals surface area contributed by atoms with E-state index in [1.807, 2.05) is 0 Å². The third kappa shape index (κ3) is 5.53. The Morgan fingerprint density at radius 1 is 1.15 bits per heavy atom. The number of nitrogens with two attached hydrogens (primary N) is 1. The number of oxazole rings is 1. The van der Waals surface area contributed by atoms with Gasteiger partial charge < -0.3 is 30.0 Å². The molecule has 0 bridgehead atoms. The van der Waals surface area contributed by atoms with Crippen molar-refractivity contribution in [3.8, 4) is 34.2 Å². The number of pyridine rings is 1. The van der Waals surface area contributed by atoms with Crippen LogP contribution in [-0.4, -0.2) is 52.3 Å². The molecule has 46 heavy (non-hydrogen) atoms. The van der Waals surface area contributed by atoms with E-state index in [4.69, 9.17) is 19.6 Å². The quantitative estimate of drug-likeness (QED) is 0.223. The van der Waals surface area contributed by atoms with Crippen LogP contribution in [0.4, 0.5) is 17.6 Å². The number of benzene rings is 2. The summed E-state index contributed by atoms with van der Waals surface area (Å²) >= 11 is 0. The third-order valence-corrected chi connectivity index (χ3v) is 8.05. The molecule has 4 N–H and O–H groups in total. The first-order chi connectivity index (χ1) is 21.7. The van der Waals surface area contributed by atoms with E-state index in [9.17, 15) is 32.3 Å². The summed E-state index contributed by atoms with van der Waals surface area (Å²) in [5.41, 5.74) is -0.279. The van der Waals surface area contributed by atoms with Gasteiger partial charge in [-0.1, -0.05) is 0 Å². The Kier molecular flexibility index (Phi) is 7.50. The van der Waals surface area contributed by atoms with Crippen molar-refractivity contribution < 1.29 is 46.1 Å². The van der Waals surface area contributed by atoms with E-state index in [1.54, 1.807) is 6.92 Å². The van der Waals surface area contributed by atoms with Gasteiger partial charge in [-0.25, -0.2) is 14.4 Å². The molecule has 2 aliphatic rings. The summed E-state index contributed by atoms with van der Waals surface area (Å²) in [7, 11) is 0. The van der Waals surface area contributed by atoms with Crippen LogP contribution in [0.1, 0.15) is 47.1 Å². The highest BCUT2D eigenvalue weighted by Crippen LogP contribution is 2.48. The Labute approximate surface area is 259 Å². The lowest BCUT2D eigenvalue weighted by molar-refractivity contribution is -0.265. The zero-order chi connectivity index (χ0) is 33.0. The number of nitrogens with one attached hydrogen (secondary N) is 1. The molecule has 0 unspecified atom stereocenters. The van der Waals surface area contributed by atoms with Crippen LogP contribution in [0, 0.1) is 12.7 Å². The van der Waals surface area contributed by atoms with Gasteiger partial charge in [0.25, 0.3) is 5.91 Å². The minimum absolute atomic E-state index is 0.0326. The van der Waals surface area contributed by atoms with Crippen molar-refractivity contribution in [2.24, 2.45) is 5.73 Å². The molecule has 1 saturated carbocycles. The molecule has 10 nitrogen and oxygen atoms in total. The lowest BCUT2D eigenvalue weighted by atomic mass is 9.81. The number of rotatable bonds is 9. The maximum atomic E-state index is 14.7. The monoisotopic (exact) mass is 640 g/mol. The first-order valence-corrected chi connectivity index (χ1v) is 14.2. The Balaban J connectivity index is 1.37. The molecule has 6 rings (SSSR count). The number of halogens is 4. The van der Waals surface area contributed by atoms with E-state index in [2.05, 4.69) is 15.3 Å². The summed E-state index contributed by atoms with van der Waals surface area (Å²) in [6, 6.07) is 9.82. The van der Waals surface area contributed by atoms with Crippen molar-refractivity contribution in [3.05, 3.63) is 83.1 Å². The molecule has 4 aromatic rings. The fourth-order valence-electron chi connectivity index (χ4n) is 5.03. The molecule has 2 aromatic heterocycles. The number of carbonyl (C=O) groups is 2. The second-order valence-corrected chi connectivity index (χ2v) is 11.6. The SMILES string of the molecule is Cc1cnc(-c2ccc(C(=O)NC[C@](O)(c3cc4c(c(-c5ccc(F)cc5)n3)OC[C@]4(C)C(N)=O)C(F)(F)F)cc2OC2CC2)o1. The molecule has 0 spiro atoms. The number of alkyl halides is 3. The lowest BCUT2D eigenvalue weighted by Gasteiger charge is -2.31. The van der Waals surface area contributed by atoms with E-state index in [1.165, 1.54) is 43.5 Å². The first-order valence-electron chi connectivity index (χ1n) is 14.2. The Morgan fingerprint density at radius 3 is 2.48 bits per heavy atom. The molecule has 240 valence electrons. The molecule has 1 aliphatic carbocycles. The standard InChI is InChI=1S/C32H28F4N4O6/c1-16-13-38-28(45-16)21-10-5-18(11-23(21)46-20-8-9-20)27(41)39-14-31(43,32(34,35)36)24-12-22-26(44-15-30(22,2)29(37)42)25(40-24)17-3-6-19(33)7-4-17/h3-7,10-13,20,43H,8-9,14-15H2,1-2H3,(H2,37,42)(H,39,41)/t30-,31-/m0/s1. The average Bonchev–Trinajstić information content (AvgIpc) is 3.62. The minimum Gasteiger partial charge on any atom is -0.490 e. The molecule has 3 heterocycles. The fraction of sp³-hybridized carbons (Fsp3) is 0.312. The van der Waals surface area contributed by atoms with Crippen molar-refractivity contribution in [1.82, 2.24) is 15.3 Å². The molecule has 1 aliphatic heterocycles. The number of aliphatic hydroxyl groups is 1. The number of amides is 2. The number of primary amides is 1. The van der Waals surface area contributed by atoms with E-state index >= 15 is 0 Å². The molecular weight excluding hydrogens is 612 g/mol. The third-order valence-electron chi connectivity index (χ3n) is 8.05. The topological polar surface area (TPSA) is 150 Å². The largest absolute Gasteiger partial charge is 0.490 e. The number of nitrogens with zero attached hydrogens (tertiary/aromatic N) is 2. The molecule has 1 fully saturated rings. The fourth-order valence-corrected chi connectivity index (χ4v) is 5.03. The highest BCUT2D eigenvalue weighted by atomic mass is 19.4. The molecular formula is C32H28F4N4O6. The summed E-state index contributed by atoms with van der Waals surface area (Å²) < 4.78 is 75.1. The summed E-state index contributed by atoms with van der Waals surface area (Å²) in [5.74, 6) is -1.41. The summed E-state index contributed by atoms with van der Waals surface area (Å²) in [4.78, 5) is 34.0. The summed E-state index contributed by atoms with van der Waals surface area (Å²) in [5, 5.41) is 13.4. The van der Waals surface area contributed by atoms with E-state index in [-0.39, 0.29) is 52.5 Å². The van der Waals surface area contributed by atoms with Gasteiger partial charge in [-0.05, 0) is 75.2 Å². The van der Waals surface area contributed by atoms with Gasteiger partial charge >= 0.3 is 6.18 Å². The minimum atomic E-state index is -5.36. The molecule has 2 amide bonds. The second-order valence-electron chi connectivity index (χ2n) is 11.6. The average molecular weight is 641 g/mol. The molecule has 14 heteroatoms. The maximum absolute atomic E-state index is 14.7. The molecule has 0 saturated heterocycles. The highest BCUT2D eigenvalue weighted by molar-refractivity contribution is 5.95. The van der Waals surface area contributed by atoms with E-state index in [0.29, 0.717) is 11.3 Å². The van der Waals surface area contributed by atoms with Crippen LogP contribution in [0.3, 0.4) is 0 Å². The smallest absolute Gasteiger partial charge is 0.424 e. The van der Waals surface area contributed by atoms with Crippen molar-refractivity contribution >= 4 is 11.8 Å². The number of aromatic nitrogens is 2. The zero-order valence-corrected chi connectivity index (χ0v) is 24.6. The summed E-state index contributed by atoms with van der Waals surface area (Å²) in [6.45, 7) is 1.45. The van der Waals surface area contributed by atoms with Gasteiger partial charge in [0.15, 0.2) is 0 Å². The van der Waals surface area contributed by atoms with Crippen LogP contribution in [0.2, 0.25) is 0 Å². The van der Waals surface area contributed by atoms with Crippen LogP contribution in [0.5, 0.6) is 11.5 Å². The highest BCUT2D eigenvalue weighted by Gasteiger charge is 2.57.